The van der Waals surface area contributed by atoms with Crippen LogP contribution in [0.1, 0.15) is 39.0 Å². The molecule has 2 aromatic rings. The van der Waals surface area contributed by atoms with E-state index in [0.29, 0.717) is 17.5 Å². The van der Waals surface area contributed by atoms with Crippen molar-refractivity contribution in [2.24, 2.45) is 5.92 Å². The SMILES string of the molecule is CCC1CCC(Nc2nc3ccc([N+](=O)[O-])cc3[nH]2)CC1. The molecule has 1 aromatic carbocycles. The fourth-order valence-corrected chi connectivity index (χ4v) is 3.09. The molecule has 112 valence electrons. The molecule has 21 heavy (non-hydrogen) atoms. The first-order valence-electron chi connectivity index (χ1n) is 7.56. The molecule has 0 amide bonds. The smallest absolute Gasteiger partial charge is 0.271 e. The molecule has 1 saturated carbocycles. The molecule has 6 nitrogen and oxygen atoms in total. The van der Waals surface area contributed by atoms with Gasteiger partial charge in [-0.3, -0.25) is 10.1 Å². The van der Waals surface area contributed by atoms with Gasteiger partial charge in [-0.2, -0.15) is 0 Å². The Morgan fingerprint density at radius 2 is 2.14 bits per heavy atom. The minimum Gasteiger partial charge on any atom is -0.353 e. The highest BCUT2D eigenvalue weighted by Gasteiger charge is 2.20. The van der Waals surface area contributed by atoms with Crippen molar-refractivity contribution in [3.8, 4) is 0 Å². The lowest BCUT2D eigenvalue weighted by Crippen LogP contribution is -2.26. The van der Waals surface area contributed by atoms with E-state index in [1.807, 2.05) is 0 Å². The van der Waals surface area contributed by atoms with Crippen molar-refractivity contribution in [3.05, 3.63) is 28.3 Å². The van der Waals surface area contributed by atoms with Gasteiger partial charge < -0.3 is 10.3 Å². The van der Waals surface area contributed by atoms with E-state index in [-0.39, 0.29) is 10.6 Å². The van der Waals surface area contributed by atoms with Crippen LogP contribution in [0.2, 0.25) is 0 Å². The largest absolute Gasteiger partial charge is 0.353 e. The summed E-state index contributed by atoms with van der Waals surface area (Å²) in [6, 6.07) is 5.15. The monoisotopic (exact) mass is 288 g/mol. The summed E-state index contributed by atoms with van der Waals surface area (Å²) in [4.78, 5) is 18.0. The lowest BCUT2D eigenvalue weighted by Gasteiger charge is -2.28. The third kappa shape index (κ3) is 2.99. The number of fused-ring (bicyclic) bond motifs is 1. The van der Waals surface area contributed by atoms with Crippen LogP contribution >= 0.6 is 0 Å². The molecule has 1 aliphatic carbocycles. The molecule has 0 spiro atoms. The number of hydrogen-bond acceptors (Lipinski definition) is 4. The predicted octanol–water partition coefficient (Wildman–Crippen LogP) is 3.85. The molecule has 1 aromatic heterocycles. The van der Waals surface area contributed by atoms with Crippen LogP contribution in [0.5, 0.6) is 0 Å². The Balaban J connectivity index is 1.71. The fourth-order valence-electron chi connectivity index (χ4n) is 3.09. The van der Waals surface area contributed by atoms with E-state index in [4.69, 9.17) is 0 Å². The average Bonchev–Trinajstić information content (AvgIpc) is 2.89. The second kappa shape index (κ2) is 5.71. The summed E-state index contributed by atoms with van der Waals surface area (Å²) in [6.07, 6.45) is 6.12. The normalized spacial score (nSPS) is 22.3. The second-order valence-corrected chi connectivity index (χ2v) is 5.81. The highest BCUT2D eigenvalue weighted by molar-refractivity contribution is 5.79. The summed E-state index contributed by atoms with van der Waals surface area (Å²) in [5.41, 5.74) is 1.54. The quantitative estimate of drug-likeness (QED) is 0.661. The minimum absolute atomic E-state index is 0.0844. The van der Waals surface area contributed by atoms with Crippen molar-refractivity contribution in [1.29, 1.82) is 0 Å². The molecule has 1 heterocycles. The van der Waals surface area contributed by atoms with E-state index in [0.717, 1.165) is 24.3 Å². The van der Waals surface area contributed by atoms with E-state index in [1.54, 1.807) is 6.07 Å². The summed E-state index contributed by atoms with van der Waals surface area (Å²) in [5.74, 6) is 1.58. The van der Waals surface area contributed by atoms with Crippen molar-refractivity contribution < 1.29 is 4.92 Å². The summed E-state index contributed by atoms with van der Waals surface area (Å²) in [7, 11) is 0. The number of non-ortho nitro benzene ring substituents is 1. The Morgan fingerprint density at radius 1 is 1.38 bits per heavy atom. The lowest BCUT2D eigenvalue weighted by molar-refractivity contribution is -0.384. The minimum atomic E-state index is -0.389. The summed E-state index contributed by atoms with van der Waals surface area (Å²) in [6.45, 7) is 2.25. The Labute approximate surface area is 123 Å². The van der Waals surface area contributed by atoms with Crippen LogP contribution in [0, 0.1) is 16.0 Å². The van der Waals surface area contributed by atoms with E-state index in [2.05, 4.69) is 22.2 Å². The molecule has 2 N–H and O–H groups in total. The number of benzene rings is 1. The van der Waals surface area contributed by atoms with Crippen molar-refractivity contribution in [1.82, 2.24) is 9.97 Å². The molecule has 0 saturated heterocycles. The standard InChI is InChI=1S/C15H20N4O2/c1-2-10-3-5-11(6-4-10)16-15-17-13-8-7-12(19(20)21)9-14(13)18-15/h7-11H,2-6H2,1H3,(H2,16,17,18). The van der Waals surface area contributed by atoms with E-state index in [1.165, 1.54) is 31.4 Å². The molecule has 0 bridgehead atoms. The number of anilines is 1. The van der Waals surface area contributed by atoms with E-state index in [9.17, 15) is 10.1 Å². The van der Waals surface area contributed by atoms with E-state index < -0.39 is 0 Å². The van der Waals surface area contributed by atoms with Gasteiger partial charge in [-0.25, -0.2) is 4.98 Å². The molecule has 6 heteroatoms. The number of aromatic nitrogens is 2. The summed E-state index contributed by atoms with van der Waals surface area (Å²) in [5, 5.41) is 14.2. The van der Waals surface area contributed by atoms with Gasteiger partial charge in [0, 0.05) is 18.2 Å². The number of rotatable bonds is 4. The number of nitro groups is 1. The maximum absolute atomic E-state index is 10.8. The molecule has 0 atom stereocenters. The first kappa shape index (κ1) is 13.9. The zero-order chi connectivity index (χ0) is 14.8. The van der Waals surface area contributed by atoms with Crippen LogP contribution in [0.25, 0.3) is 11.0 Å². The first-order valence-corrected chi connectivity index (χ1v) is 7.56. The number of nitro benzene ring substituents is 1. The Bertz CT molecular complexity index is 644. The molecule has 3 rings (SSSR count). The Kier molecular flexibility index (Phi) is 3.77. The second-order valence-electron chi connectivity index (χ2n) is 5.81. The number of H-pyrrole nitrogens is 1. The number of nitrogens with one attached hydrogen (secondary N) is 2. The highest BCUT2D eigenvalue weighted by Crippen LogP contribution is 2.28. The Hall–Kier alpha value is -2.11. The number of nitrogens with zero attached hydrogens (tertiary/aromatic N) is 2. The summed E-state index contributed by atoms with van der Waals surface area (Å²) < 4.78 is 0. The van der Waals surface area contributed by atoms with Crippen LogP contribution in [-0.2, 0) is 0 Å². The van der Waals surface area contributed by atoms with Gasteiger partial charge in [-0.05, 0) is 37.7 Å². The van der Waals surface area contributed by atoms with Crippen molar-refractivity contribution >= 4 is 22.7 Å². The van der Waals surface area contributed by atoms with Crippen LogP contribution in [0.3, 0.4) is 0 Å². The van der Waals surface area contributed by atoms with Crippen LogP contribution in [0.4, 0.5) is 11.6 Å². The third-order valence-electron chi connectivity index (χ3n) is 4.44. The average molecular weight is 288 g/mol. The van der Waals surface area contributed by atoms with Crippen molar-refractivity contribution in [2.45, 2.75) is 45.1 Å². The van der Waals surface area contributed by atoms with Gasteiger partial charge in [0.15, 0.2) is 0 Å². The highest BCUT2D eigenvalue weighted by atomic mass is 16.6. The number of aromatic amines is 1. The van der Waals surface area contributed by atoms with Gasteiger partial charge in [0.2, 0.25) is 5.95 Å². The van der Waals surface area contributed by atoms with Crippen molar-refractivity contribution in [3.63, 3.8) is 0 Å². The van der Waals surface area contributed by atoms with Crippen LogP contribution < -0.4 is 5.32 Å². The molecular formula is C15H20N4O2. The van der Waals surface area contributed by atoms with Gasteiger partial charge in [-0.1, -0.05) is 13.3 Å². The van der Waals surface area contributed by atoms with Gasteiger partial charge in [0.25, 0.3) is 5.69 Å². The fraction of sp³-hybridized carbons (Fsp3) is 0.533. The van der Waals surface area contributed by atoms with Gasteiger partial charge >= 0.3 is 0 Å². The topological polar surface area (TPSA) is 83.8 Å². The summed E-state index contributed by atoms with van der Waals surface area (Å²) >= 11 is 0. The molecule has 1 aliphatic rings. The zero-order valence-corrected chi connectivity index (χ0v) is 12.1. The van der Waals surface area contributed by atoms with E-state index >= 15 is 0 Å². The third-order valence-corrected chi connectivity index (χ3v) is 4.44. The van der Waals surface area contributed by atoms with Crippen LogP contribution in [-0.4, -0.2) is 20.9 Å². The molecule has 0 aliphatic heterocycles. The molecule has 0 radical (unpaired) electrons. The zero-order valence-electron chi connectivity index (χ0n) is 12.1. The lowest BCUT2D eigenvalue weighted by atomic mass is 9.85. The maximum Gasteiger partial charge on any atom is 0.271 e. The van der Waals surface area contributed by atoms with Crippen LogP contribution in [0.15, 0.2) is 18.2 Å². The molecule has 0 unspecified atom stereocenters. The molecular weight excluding hydrogens is 268 g/mol. The van der Waals surface area contributed by atoms with Gasteiger partial charge in [0.1, 0.15) is 0 Å². The number of hydrogen-bond donors (Lipinski definition) is 2. The molecule has 1 fully saturated rings. The Morgan fingerprint density at radius 3 is 2.81 bits per heavy atom. The first-order chi connectivity index (χ1) is 10.2. The predicted molar refractivity (Wildman–Crippen MR) is 82.4 cm³/mol. The maximum atomic E-state index is 10.8. The van der Waals surface area contributed by atoms with Gasteiger partial charge in [-0.15, -0.1) is 0 Å². The van der Waals surface area contributed by atoms with Gasteiger partial charge in [0.05, 0.1) is 16.0 Å². The van der Waals surface area contributed by atoms with Crippen molar-refractivity contribution in [2.75, 3.05) is 5.32 Å². The number of imidazole rings is 1.